The van der Waals surface area contributed by atoms with Gasteiger partial charge in [0.1, 0.15) is 5.75 Å². The van der Waals surface area contributed by atoms with E-state index in [2.05, 4.69) is 11.0 Å². The Morgan fingerprint density at radius 3 is 2.75 bits per heavy atom. The molecule has 1 saturated carbocycles. The van der Waals surface area contributed by atoms with Crippen molar-refractivity contribution < 1.29 is 19.7 Å². The van der Waals surface area contributed by atoms with E-state index in [9.17, 15) is 9.90 Å². The van der Waals surface area contributed by atoms with Crippen LogP contribution >= 0.6 is 11.6 Å². The predicted octanol–water partition coefficient (Wildman–Crippen LogP) is 4.33. The van der Waals surface area contributed by atoms with E-state index in [1.807, 2.05) is 36.4 Å². The van der Waals surface area contributed by atoms with Crippen LogP contribution in [-0.2, 0) is 4.79 Å². The minimum absolute atomic E-state index is 0.0895. The van der Waals surface area contributed by atoms with Crippen molar-refractivity contribution in [3.8, 4) is 5.75 Å². The Labute approximate surface area is 170 Å². The molecule has 0 aromatic heterocycles. The molecule has 1 aliphatic rings. The first-order valence-electron chi connectivity index (χ1n) is 9.64. The SMILES string of the molecule is O=C(O)COc1cccc([C@H]2CCC[C@H](N(CCO)c3cccc(Cl)c3)C2)c1. The lowest BCUT2D eigenvalue weighted by molar-refractivity contribution is -0.139. The second kappa shape index (κ2) is 9.80. The summed E-state index contributed by atoms with van der Waals surface area (Å²) in [6.07, 6.45) is 4.21. The fourth-order valence-electron chi connectivity index (χ4n) is 4.04. The molecule has 0 aliphatic heterocycles. The molecule has 1 aliphatic carbocycles. The number of benzene rings is 2. The molecule has 2 aromatic carbocycles. The second-order valence-corrected chi connectivity index (χ2v) is 7.61. The number of carbonyl (C=O) groups is 1. The number of carboxylic acid groups (broad SMARTS) is 1. The van der Waals surface area contributed by atoms with Gasteiger partial charge in [0.2, 0.25) is 0 Å². The highest BCUT2D eigenvalue weighted by molar-refractivity contribution is 6.30. The van der Waals surface area contributed by atoms with E-state index in [0.29, 0.717) is 29.3 Å². The first kappa shape index (κ1) is 20.5. The summed E-state index contributed by atoms with van der Waals surface area (Å²) in [7, 11) is 0. The van der Waals surface area contributed by atoms with E-state index in [1.165, 1.54) is 5.56 Å². The molecule has 1 fully saturated rings. The minimum atomic E-state index is -0.982. The monoisotopic (exact) mass is 403 g/mol. The van der Waals surface area contributed by atoms with Crippen molar-refractivity contribution in [2.24, 2.45) is 0 Å². The maximum Gasteiger partial charge on any atom is 0.341 e. The number of carboxylic acids is 1. The van der Waals surface area contributed by atoms with Gasteiger partial charge in [0, 0.05) is 23.3 Å². The van der Waals surface area contributed by atoms with Crippen LogP contribution in [0.4, 0.5) is 5.69 Å². The third kappa shape index (κ3) is 5.40. The number of anilines is 1. The topological polar surface area (TPSA) is 70.0 Å². The number of rotatable bonds is 8. The highest BCUT2D eigenvalue weighted by atomic mass is 35.5. The number of halogens is 1. The maximum atomic E-state index is 10.7. The fourth-order valence-corrected chi connectivity index (χ4v) is 4.22. The smallest absolute Gasteiger partial charge is 0.341 e. The van der Waals surface area contributed by atoms with E-state index >= 15 is 0 Å². The summed E-state index contributed by atoms with van der Waals surface area (Å²) in [5.74, 6) is -0.0270. The van der Waals surface area contributed by atoms with E-state index in [-0.39, 0.29) is 13.2 Å². The van der Waals surface area contributed by atoms with Crippen molar-refractivity contribution in [2.45, 2.75) is 37.6 Å². The number of hydrogen-bond donors (Lipinski definition) is 2. The summed E-state index contributed by atoms with van der Waals surface area (Å²) < 4.78 is 5.34. The number of aliphatic hydroxyl groups is 1. The van der Waals surface area contributed by atoms with Crippen LogP contribution in [0.15, 0.2) is 48.5 Å². The lowest BCUT2D eigenvalue weighted by Gasteiger charge is -2.39. The average Bonchev–Trinajstić information content (AvgIpc) is 2.71. The van der Waals surface area contributed by atoms with Crippen LogP contribution in [0, 0.1) is 0 Å². The lowest BCUT2D eigenvalue weighted by Crippen LogP contribution is -2.40. The molecule has 28 heavy (non-hydrogen) atoms. The quantitative estimate of drug-likeness (QED) is 0.686. The van der Waals surface area contributed by atoms with Crippen molar-refractivity contribution in [3.63, 3.8) is 0 Å². The molecule has 0 amide bonds. The van der Waals surface area contributed by atoms with Crippen LogP contribution in [-0.4, -0.2) is 42.0 Å². The van der Waals surface area contributed by atoms with Gasteiger partial charge >= 0.3 is 5.97 Å². The summed E-state index contributed by atoms with van der Waals surface area (Å²) in [4.78, 5) is 13.0. The van der Waals surface area contributed by atoms with Gasteiger partial charge < -0.3 is 19.8 Å². The Morgan fingerprint density at radius 2 is 2.00 bits per heavy atom. The largest absolute Gasteiger partial charge is 0.482 e. The van der Waals surface area contributed by atoms with Crippen LogP contribution in [0.1, 0.15) is 37.2 Å². The summed E-state index contributed by atoms with van der Waals surface area (Å²) in [6, 6.07) is 15.8. The Hall–Kier alpha value is -2.24. The van der Waals surface area contributed by atoms with Crippen LogP contribution < -0.4 is 9.64 Å². The molecular formula is C22H26ClNO4. The molecule has 2 N–H and O–H groups in total. The lowest BCUT2D eigenvalue weighted by atomic mass is 9.80. The van der Waals surface area contributed by atoms with Gasteiger partial charge in [-0.25, -0.2) is 4.79 Å². The zero-order valence-corrected chi connectivity index (χ0v) is 16.5. The average molecular weight is 404 g/mol. The third-order valence-corrected chi connectivity index (χ3v) is 5.49. The Bertz CT molecular complexity index is 798. The number of ether oxygens (including phenoxy) is 1. The molecule has 0 bridgehead atoms. The van der Waals surface area contributed by atoms with Crippen molar-refractivity contribution in [1.29, 1.82) is 0 Å². The number of hydrogen-bond acceptors (Lipinski definition) is 4. The molecule has 5 nitrogen and oxygen atoms in total. The molecule has 0 saturated heterocycles. The number of aliphatic carboxylic acids is 1. The number of nitrogens with zero attached hydrogens (tertiary/aromatic N) is 1. The van der Waals surface area contributed by atoms with Crippen LogP contribution in [0.25, 0.3) is 0 Å². The van der Waals surface area contributed by atoms with Crippen LogP contribution in [0.2, 0.25) is 5.02 Å². The van der Waals surface area contributed by atoms with Gasteiger partial charge in [-0.15, -0.1) is 0 Å². The summed E-state index contributed by atoms with van der Waals surface area (Å²) in [5, 5.41) is 19.1. The molecule has 150 valence electrons. The van der Waals surface area contributed by atoms with Gasteiger partial charge in [0.25, 0.3) is 0 Å². The standard InChI is InChI=1S/C22H26ClNO4/c23-18-6-3-8-20(14-18)24(10-11-25)19-7-1-4-16(12-19)17-5-2-9-21(13-17)28-15-22(26)27/h2-3,5-6,8-9,13-14,16,19,25H,1,4,7,10-12,15H2,(H,26,27)/t16-,19-/m0/s1. The van der Waals surface area contributed by atoms with Crippen molar-refractivity contribution in [1.82, 2.24) is 0 Å². The fraction of sp³-hybridized carbons (Fsp3) is 0.409. The van der Waals surface area contributed by atoms with Gasteiger partial charge in [-0.2, -0.15) is 0 Å². The second-order valence-electron chi connectivity index (χ2n) is 7.17. The Balaban J connectivity index is 1.75. The summed E-state index contributed by atoms with van der Waals surface area (Å²) >= 11 is 6.18. The highest BCUT2D eigenvalue weighted by Crippen LogP contribution is 2.37. The van der Waals surface area contributed by atoms with Gasteiger partial charge in [-0.05, 0) is 61.1 Å². The van der Waals surface area contributed by atoms with Gasteiger partial charge in [0.05, 0.1) is 6.61 Å². The molecule has 2 atom stereocenters. The summed E-state index contributed by atoms with van der Waals surface area (Å²) in [6.45, 7) is 0.321. The van der Waals surface area contributed by atoms with E-state index < -0.39 is 5.97 Å². The number of aliphatic hydroxyl groups excluding tert-OH is 1. The molecule has 0 unspecified atom stereocenters. The molecular weight excluding hydrogens is 378 g/mol. The molecule has 0 radical (unpaired) electrons. The molecule has 6 heteroatoms. The zero-order chi connectivity index (χ0) is 19.9. The highest BCUT2D eigenvalue weighted by Gasteiger charge is 2.28. The Morgan fingerprint density at radius 1 is 1.18 bits per heavy atom. The van der Waals surface area contributed by atoms with Gasteiger partial charge in [0.15, 0.2) is 6.61 Å². The van der Waals surface area contributed by atoms with E-state index in [0.717, 1.165) is 31.4 Å². The zero-order valence-electron chi connectivity index (χ0n) is 15.8. The van der Waals surface area contributed by atoms with Gasteiger partial charge in [-0.3, -0.25) is 0 Å². The van der Waals surface area contributed by atoms with Gasteiger partial charge in [-0.1, -0.05) is 36.2 Å². The first-order chi connectivity index (χ1) is 13.6. The molecule has 3 rings (SSSR count). The van der Waals surface area contributed by atoms with Crippen LogP contribution in [0.5, 0.6) is 5.75 Å². The molecule has 2 aromatic rings. The minimum Gasteiger partial charge on any atom is -0.482 e. The normalized spacial score (nSPS) is 19.2. The van der Waals surface area contributed by atoms with Crippen LogP contribution in [0.3, 0.4) is 0 Å². The summed E-state index contributed by atoms with van der Waals surface area (Å²) in [5.41, 5.74) is 2.20. The molecule has 0 heterocycles. The van der Waals surface area contributed by atoms with E-state index in [1.54, 1.807) is 6.07 Å². The maximum absolute atomic E-state index is 10.7. The first-order valence-corrected chi connectivity index (χ1v) is 10.0. The third-order valence-electron chi connectivity index (χ3n) is 5.26. The van der Waals surface area contributed by atoms with Crippen molar-refractivity contribution in [2.75, 3.05) is 24.7 Å². The molecule has 0 spiro atoms. The van der Waals surface area contributed by atoms with Crippen molar-refractivity contribution >= 4 is 23.3 Å². The predicted molar refractivity (Wildman–Crippen MR) is 110 cm³/mol. The van der Waals surface area contributed by atoms with E-state index in [4.69, 9.17) is 21.4 Å². The van der Waals surface area contributed by atoms with Crippen molar-refractivity contribution in [3.05, 3.63) is 59.1 Å². The Kier molecular flexibility index (Phi) is 7.18.